The number of benzene rings is 1. The van der Waals surface area contributed by atoms with Crippen LogP contribution >= 0.6 is 27.3 Å². The lowest BCUT2D eigenvalue weighted by molar-refractivity contribution is -0.159. The maximum absolute atomic E-state index is 11.8. The first-order valence-electron chi connectivity index (χ1n) is 7.40. The van der Waals surface area contributed by atoms with Gasteiger partial charge in [-0.2, -0.15) is 0 Å². The molecule has 3 rings (SSSR count). The van der Waals surface area contributed by atoms with Gasteiger partial charge in [0.2, 0.25) is 0 Å². The number of hydrogen-bond acceptors (Lipinski definition) is 5. The van der Waals surface area contributed by atoms with Crippen molar-refractivity contribution >= 4 is 39.7 Å². The number of rotatable bonds is 6. The smallest absolute Gasteiger partial charge is 0.312 e. The fourth-order valence-corrected chi connectivity index (χ4v) is 4.82. The number of carboxylic acid groups (broad SMARTS) is 1. The fourth-order valence-electron chi connectivity index (χ4n) is 3.20. The fraction of sp³-hybridized carbons (Fsp3) is 0.294. The molecule has 1 saturated heterocycles. The minimum atomic E-state index is -1.15. The third kappa shape index (κ3) is 3.24. The molecule has 1 aromatic carbocycles. The predicted molar refractivity (Wildman–Crippen MR) is 93.7 cm³/mol. The Morgan fingerprint density at radius 2 is 2.21 bits per heavy atom. The van der Waals surface area contributed by atoms with Crippen LogP contribution in [0.3, 0.4) is 0 Å². The number of likely N-dealkylation sites (tertiary alicyclic amines) is 1. The second-order valence-electron chi connectivity index (χ2n) is 5.78. The van der Waals surface area contributed by atoms with Crippen molar-refractivity contribution in [1.82, 2.24) is 4.90 Å². The van der Waals surface area contributed by atoms with E-state index in [0.29, 0.717) is 26.1 Å². The molecule has 7 heteroatoms. The number of carbonyl (C=O) groups is 2. The molecule has 0 amide bonds. The standard InChI is InChI=1S/C17H16BrNO4S/c18-13-6-15(24-9-13)17(23-11-20)10-19(8-14(17)16(21)22)7-12-4-2-1-3-5-12/h1-6,9,11,14H,7-8,10H2,(H,21,22). The number of thiophene rings is 1. The number of aliphatic carboxylic acids is 1. The summed E-state index contributed by atoms with van der Waals surface area (Å²) < 4.78 is 6.27. The molecule has 1 fully saturated rings. The highest BCUT2D eigenvalue weighted by Gasteiger charge is 2.54. The summed E-state index contributed by atoms with van der Waals surface area (Å²) in [6.07, 6.45) is 0. The van der Waals surface area contributed by atoms with E-state index in [1.54, 1.807) is 0 Å². The van der Waals surface area contributed by atoms with Crippen LogP contribution < -0.4 is 0 Å². The molecule has 0 bridgehead atoms. The minimum Gasteiger partial charge on any atom is -0.481 e. The van der Waals surface area contributed by atoms with Gasteiger partial charge < -0.3 is 9.84 Å². The molecule has 2 heterocycles. The van der Waals surface area contributed by atoms with Gasteiger partial charge in [0.25, 0.3) is 6.47 Å². The van der Waals surface area contributed by atoms with Crippen LogP contribution in [0.4, 0.5) is 0 Å². The summed E-state index contributed by atoms with van der Waals surface area (Å²) in [5, 5.41) is 11.6. The van der Waals surface area contributed by atoms with E-state index >= 15 is 0 Å². The van der Waals surface area contributed by atoms with E-state index in [2.05, 4.69) is 15.9 Å². The van der Waals surface area contributed by atoms with E-state index < -0.39 is 17.5 Å². The Hall–Kier alpha value is -1.70. The average Bonchev–Trinajstić information content (AvgIpc) is 3.14. The van der Waals surface area contributed by atoms with E-state index in [-0.39, 0.29) is 0 Å². The SMILES string of the molecule is O=COC1(c2cc(Br)cs2)CN(Cc2ccccc2)CC1C(=O)O. The quantitative estimate of drug-likeness (QED) is 0.742. The van der Waals surface area contributed by atoms with Gasteiger partial charge >= 0.3 is 5.97 Å². The van der Waals surface area contributed by atoms with Crippen LogP contribution in [0.5, 0.6) is 0 Å². The summed E-state index contributed by atoms with van der Waals surface area (Å²) in [7, 11) is 0. The Morgan fingerprint density at radius 1 is 1.46 bits per heavy atom. The highest BCUT2D eigenvalue weighted by Crippen LogP contribution is 2.44. The summed E-state index contributed by atoms with van der Waals surface area (Å²) in [6, 6.07) is 11.7. The minimum absolute atomic E-state index is 0.327. The van der Waals surface area contributed by atoms with Gasteiger partial charge in [-0.1, -0.05) is 30.3 Å². The van der Waals surface area contributed by atoms with Gasteiger partial charge in [-0.25, -0.2) is 0 Å². The molecule has 2 unspecified atom stereocenters. The Kier molecular flexibility index (Phi) is 5.03. The molecule has 0 saturated carbocycles. The van der Waals surface area contributed by atoms with Gasteiger partial charge in [-0.15, -0.1) is 11.3 Å². The van der Waals surface area contributed by atoms with Crippen molar-refractivity contribution in [2.75, 3.05) is 13.1 Å². The normalized spacial score (nSPS) is 24.0. The first-order chi connectivity index (χ1) is 11.5. The van der Waals surface area contributed by atoms with Crippen molar-refractivity contribution in [3.63, 3.8) is 0 Å². The zero-order valence-corrected chi connectivity index (χ0v) is 15.1. The van der Waals surface area contributed by atoms with E-state index in [1.165, 1.54) is 11.3 Å². The van der Waals surface area contributed by atoms with Gasteiger partial charge in [0, 0.05) is 29.5 Å². The Balaban J connectivity index is 1.93. The molecule has 24 heavy (non-hydrogen) atoms. The summed E-state index contributed by atoms with van der Waals surface area (Å²) in [6.45, 7) is 1.65. The van der Waals surface area contributed by atoms with Gasteiger partial charge in [0.1, 0.15) is 5.92 Å². The molecular formula is C17H16BrNO4S. The van der Waals surface area contributed by atoms with Crippen molar-refractivity contribution in [1.29, 1.82) is 0 Å². The van der Waals surface area contributed by atoms with E-state index in [0.717, 1.165) is 14.9 Å². The summed E-state index contributed by atoms with van der Waals surface area (Å²) >= 11 is 4.78. The van der Waals surface area contributed by atoms with Crippen LogP contribution in [-0.2, 0) is 26.5 Å². The molecule has 5 nitrogen and oxygen atoms in total. The maximum Gasteiger partial charge on any atom is 0.312 e. The molecule has 0 aliphatic carbocycles. The molecule has 1 aromatic heterocycles. The summed E-state index contributed by atoms with van der Waals surface area (Å²) in [5.74, 6) is -1.77. The van der Waals surface area contributed by atoms with Gasteiger partial charge in [0.05, 0.1) is 4.88 Å². The van der Waals surface area contributed by atoms with E-state index in [4.69, 9.17) is 4.74 Å². The lowest BCUT2D eigenvalue weighted by Crippen LogP contribution is -2.41. The molecule has 1 aliphatic heterocycles. The second-order valence-corrected chi connectivity index (χ2v) is 7.61. The highest BCUT2D eigenvalue weighted by atomic mass is 79.9. The molecule has 0 spiro atoms. The first kappa shape index (κ1) is 17.1. The van der Waals surface area contributed by atoms with Gasteiger partial charge in [0.15, 0.2) is 5.60 Å². The summed E-state index contributed by atoms with van der Waals surface area (Å²) in [5.41, 5.74) is -0.0603. The number of halogens is 1. The van der Waals surface area contributed by atoms with Crippen LogP contribution in [0.15, 0.2) is 46.3 Å². The van der Waals surface area contributed by atoms with Crippen molar-refractivity contribution < 1.29 is 19.4 Å². The topological polar surface area (TPSA) is 66.8 Å². The lowest BCUT2D eigenvalue weighted by atomic mass is 9.89. The monoisotopic (exact) mass is 409 g/mol. The molecule has 126 valence electrons. The molecule has 1 aliphatic rings. The second kappa shape index (κ2) is 7.04. The number of hydrogen-bond donors (Lipinski definition) is 1. The number of ether oxygens (including phenoxy) is 1. The van der Waals surface area contributed by atoms with Crippen molar-refractivity contribution in [3.8, 4) is 0 Å². The number of carbonyl (C=O) groups excluding carboxylic acids is 1. The Labute approximate surface area is 152 Å². The van der Waals surface area contributed by atoms with Crippen molar-refractivity contribution in [2.24, 2.45) is 5.92 Å². The zero-order chi connectivity index (χ0) is 17.2. The number of nitrogens with zero attached hydrogens (tertiary/aromatic N) is 1. The van der Waals surface area contributed by atoms with E-state index in [1.807, 2.05) is 46.7 Å². The Morgan fingerprint density at radius 3 is 2.79 bits per heavy atom. The molecular weight excluding hydrogens is 394 g/mol. The number of carboxylic acids is 1. The van der Waals surface area contributed by atoms with E-state index in [9.17, 15) is 14.7 Å². The van der Waals surface area contributed by atoms with Crippen LogP contribution in [0.1, 0.15) is 10.4 Å². The summed E-state index contributed by atoms with van der Waals surface area (Å²) in [4.78, 5) is 25.7. The molecule has 1 N–H and O–H groups in total. The highest BCUT2D eigenvalue weighted by molar-refractivity contribution is 9.10. The molecule has 2 atom stereocenters. The third-order valence-electron chi connectivity index (χ3n) is 4.25. The molecule has 0 radical (unpaired) electrons. The lowest BCUT2D eigenvalue weighted by Gasteiger charge is -2.29. The maximum atomic E-state index is 11.8. The average molecular weight is 410 g/mol. The Bertz CT molecular complexity index is 735. The zero-order valence-electron chi connectivity index (χ0n) is 12.7. The predicted octanol–water partition coefficient (Wildman–Crippen LogP) is 3.10. The van der Waals surface area contributed by atoms with Crippen LogP contribution in [0.2, 0.25) is 0 Å². The third-order valence-corrected chi connectivity index (χ3v) is 6.10. The van der Waals surface area contributed by atoms with Crippen molar-refractivity contribution in [2.45, 2.75) is 12.1 Å². The largest absolute Gasteiger partial charge is 0.481 e. The molecule has 2 aromatic rings. The van der Waals surface area contributed by atoms with Crippen LogP contribution in [0.25, 0.3) is 0 Å². The van der Waals surface area contributed by atoms with Crippen LogP contribution in [0, 0.1) is 5.92 Å². The van der Waals surface area contributed by atoms with Gasteiger partial charge in [-0.3, -0.25) is 14.5 Å². The van der Waals surface area contributed by atoms with Crippen molar-refractivity contribution in [3.05, 3.63) is 56.7 Å². The van der Waals surface area contributed by atoms with Gasteiger partial charge in [-0.05, 0) is 27.6 Å². The van der Waals surface area contributed by atoms with Crippen LogP contribution in [-0.4, -0.2) is 35.5 Å². The first-order valence-corrected chi connectivity index (χ1v) is 9.07.